The smallest absolute Gasteiger partial charge is 0.337 e. The highest BCUT2D eigenvalue weighted by molar-refractivity contribution is 6.30. The van der Waals surface area contributed by atoms with Crippen molar-refractivity contribution in [3.8, 4) is 17.1 Å². The summed E-state index contributed by atoms with van der Waals surface area (Å²) in [6, 6.07) is 22.3. The van der Waals surface area contributed by atoms with E-state index in [1.54, 1.807) is 36.4 Å². The van der Waals surface area contributed by atoms with Crippen molar-refractivity contribution in [1.82, 2.24) is 4.98 Å². The first-order chi connectivity index (χ1) is 20.9. The van der Waals surface area contributed by atoms with Gasteiger partial charge in [0.15, 0.2) is 0 Å². The second-order valence-electron chi connectivity index (χ2n) is 10.1. The average molecular weight is 604 g/mol. The van der Waals surface area contributed by atoms with Gasteiger partial charge < -0.3 is 24.8 Å². The maximum Gasteiger partial charge on any atom is 0.337 e. The molecule has 2 heterocycles. The lowest BCUT2D eigenvalue weighted by molar-refractivity contribution is -0.115. The Kier molecular flexibility index (Phi) is 9.86. The van der Waals surface area contributed by atoms with Crippen LogP contribution in [0.2, 0.25) is 5.02 Å². The third-order valence-electron chi connectivity index (χ3n) is 6.99. The Morgan fingerprint density at radius 2 is 1.88 bits per heavy atom. The fraction of sp³-hybridized carbons (Fsp3) is 0.242. The lowest BCUT2D eigenvalue weighted by atomic mass is 10.1. The predicted octanol–water partition coefficient (Wildman–Crippen LogP) is 6.68. The molecule has 8 nitrogen and oxygen atoms in total. The van der Waals surface area contributed by atoms with Crippen LogP contribution in [-0.4, -0.2) is 43.2 Å². The van der Waals surface area contributed by atoms with Gasteiger partial charge in [-0.3, -0.25) is 4.79 Å². The van der Waals surface area contributed by atoms with E-state index in [9.17, 15) is 14.0 Å². The van der Waals surface area contributed by atoms with E-state index in [4.69, 9.17) is 25.8 Å². The zero-order valence-corrected chi connectivity index (χ0v) is 24.3. The SMILES string of the molecule is COC(=O)c1ccc(NC(=O)Cc2ccc(-c3cccc(OCc4ccc(Cl)cc4F)n3)cc2)c(NCC2CCCO2)c1. The fourth-order valence-corrected chi connectivity index (χ4v) is 4.85. The molecule has 10 heteroatoms. The first-order valence-electron chi connectivity index (χ1n) is 13.9. The maximum atomic E-state index is 14.1. The number of amides is 1. The standard InChI is InChI=1S/C33H31ClFN3O5/c1-41-33(40)23-12-14-29(30(17-23)36-19-26-4-3-15-42-26)37-31(39)16-21-7-9-22(10-8-21)28-5-2-6-32(38-28)43-20-24-11-13-25(34)18-27(24)35/h2,5-14,17-18,26,36H,3-4,15-16,19-20H2,1H3,(H,37,39). The molecule has 1 unspecified atom stereocenters. The molecule has 222 valence electrons. The number of pyridine rings is 1. The van der Waals surface area contributed by atoms with Crippen molar-refractivity contribution in [2.75, 3.05) is 30.9 Å². The van der Waals surface area contributed by atoms with Gasteiger partial charge in [-0.1, -0.05) is 48.0 Å². The number of benzene rings is 3. The van der Waals surface area contributed by atoms with E-state index in [1.165, 1.54) is 13.2 Å². The van der Waals surface area contributed by atoms with Crippen molar-refractivity contribution in [2.45, 2.75) is 32.0 Å². The molecule has 1 aromatic heterocycles. The van der Waals surface area contributed by atoms with Crippen molar-refractivity contribution in [1.29, 1.82) is 0 Å². The van der Waals surface area contributed by atoms with Gasteiger partial charge in [-0.2, -0.15) is 0 Å². The monoisotopic (exact) mass is 603 g/mol. The minimum Gasteiger partial charge on any atom is -0.473 e. The van der Waals surface area contributed by atoms with Gasteiger partial charge in [-0.15, -0.1) is 0 Å². The number of aromatic nitrogens is 1. The number of methoxy groups -OCH3 is 1. The van der Waals surface area contributed by atoms with Gasteiger partial charge in [0.1, 0.15) is 12.4 Å². The molecule has 2 N–H and O–H groups in total. The Labute approximate surface area is 254 Å². The number of anilines is 2. The fourth-order valence-electron chi connectivity index (χ4n) is 4.69. The van der Waals surface area contributed by atoms with Gasteiger partial charge >= 0.3 is 5.97 Å². The van der Waals surface area contributed by atoms with E-state index >= 15 is 0 Å². The quantitative estimate of drug-likeness (QED) is 0.185. The second kappa shape index (κ2) is 14.1. The minimum absolute atomic E-state index is 0.0184. The highest BCUT2D eigenvalue weighted by Crippen LogP contribution is 2.26. The Hall–Kier alpha value is -4.47. The van der Waals surface area contributed by atoms with Crippen LogP contribution in [0.1, 0.15) is 34.3 Å². The third kappa shape index (κ3) is 8.09. The molecule has 1 fully saturated rings. The second-order valence-corrected chi connectivity index (χ2v) is 10.5. The summed E-state index contributed by atoms with van der Waals surface area (Å²) in [6.07, 6.45) is 2.19. The molecular weight excluding hydrogens is 573 g/mol. The van der Waals surface area contributed by atoms with Gasteiger partial charge in [0.25, 0.3) is 0 Å². The number of halogens is 2. The molecule has 3 aromatic carbocycles. The van der Waals surface area contributed by atoms with Crippen LogP contribution in [0.15, 0.2) is 78.9 Å². The highest BCUT2D eigenvalue weighted by Gasteiger charge is 2.18. The number of nitrogens with zero attached hydrogens (tertiary/aromatic N) is 1. The van der Waals surface area contributed by atoms with E-state index in [0.29, 0.717) is 45.6 Å². The van der Waals surface area contributed by atoms with Crippen molar-refractivity contribution in [2.24, 2.45) is 0 Å². The number of hydrogen-bond acceptors (Lipinski definition) is 7. The summed E-state index contributed by atoms with van der Waals surface area (Å²) in [4.78, 5) is 29.6. The van der Waals surface area contributed by atoms with Crippen LogP contribution < -0.4 is 15.4 Å². The van der Waals surface area contributed by atoms with E-state index in [-0.39, 0.29) is 25.0 Å². The molecule has 0 radical (unpaired) electrons. The lowest BCUT2D eigenvalue weighted by Crippen LogP contribution is -2.21. The molecule has 43 heavy (non-hydrogen) atoms. The molecule has 4 aromatic rings. The van der Waals surface area contributed by atoms with Crippen LogP contribution >= 0.6 is 11.6 Å². The molecule has 0 bridgehead atoms. The summed E-state index contributed by atoms with van der Waals surface area (Å²) in [6.45, 7) is 1.31. The molecule has 1 amide bonds. The molecule has 1 aliphatic rings. The molecule has 1 saturated heterocycles. The molecule has 0 saturated carbocycles. The van der Waals surface area contributed by atoms with E-state index in [0.717, 1.165) is 30.6 Å². The summed E-state index contributed by atoms with van der Waals surface area (Å²) in [5.41, 5.74) is 4.27. The summed E-state index contributed by atoms with van der Waals surface area (Å²) < 4.78 is 30.3. The lowest BCUT2D eigenvalue weighted by Gasteiger charge is -2.17. The number of rotatable bonds is 11. The number of nitrogens with one attached hydrogen (secondary N) is 2. The summed E-state index contributed by atoms with van der Waals surface area (Å²) in [7, 11) is 1.33. The Morgan fingerprint density at radius 3 is 2.63 bits per heavy atom. The third-order valence-corrected chi connectivity index (χ3v) is 7.22. The Balaban J connectivity index is 1.21. The van der Waals surface area contributed by atoms with E-state index < -0.39 is 11.8 Å². The zero-order valence-electron chi connectivity index (χ0n) is 23.6. The largest absolute Gasteiger partial charge is 0.473 e. The van der Waals surface area contributed by atoms with Crippen LogP contribution in [0, 0.1) is 5.82 Å². The van der Waals surface area contributed by atoms with Gasteiger partial charge in [0.2, 0.25) is 11.8 Å². The first-order valence-corrected chi connectivity index (χ1v) is 14.3. The van der Waals surface area contributed by atoms with E-state index in [1.807, 2.05) is 36.4 Å². The Morgan fingerprint density at radius 1 is 1.05 bits per heavy atom. The van der Waals surface area contributed by atoms with Gasteiger partial charge in [-0.25, -0.2) is 14.2 Å². The van der Waals surface area contributed by atoms with Crippen LogP contribution in [-0.2, 0) is 27.3 Å². The number of carbonyl (C=O) groups is 2. The van der Waals surface area contributed by atoms with Gasteiger partial charge in [0, 0.05) is 35.4 Å². The number of carbonyl (C=O) groups excluding carboxylic acids is 2. The van der Waals surface area contributed by atoms with Gasteiger partial charge in [-0.05, 0) is 54.8 Å². The normalized spacial score (nSPS) is 14.3. The molecule has 0 aliphatic carbocycles. The average Bonchev–Trinajstić information content (AvgIpc) is 3.54. The summed E-state index contributed by atoms with van der Waals surface area (Å²) >= 11 is 5.82. The Bertz CT molecular complexity index is 1590. The summed E-state index contributed by atoms with van der Waals surface area (Å²) in [5, 5.41) is 6.58. The van der Waals surface area contributed by atoms with Crippen LogP contribution in [0.4, 0.5) is 15.8 Å². The maximum absolute atomic E-state index is 14.1. The van der Waals surface area contributed by atoms with Crippen molar-refractivity contribution in [3.63, 3.8) is 0 Å². The van der Waals surface area contributed by atoms with Crippen LogP contribution in [0.3, 0.4) is 0 Å². The van der Waals surface area contributed by atoms with Crippen molar-refractivity contribution in [3.05, 3.63) is 106 Å². The van der Waals surface area contributed by atoms with Crippen LogP contribution in [0.5, 0.6) is 5.88 Å². The number of esters is 1. The minimum atomic E-state index is -0.458. The van der Waals surface area contributed by atoms with E-state index in [2.05, 4.69) is 15.6 Å². The molecule has 5 rings (SSSR count). The van der Waals surface area contributed by atoms with Crippen molar-refractivity contribution >= 4 is 34.9 Å². The topological polar surface area (TPSA) is 98.8 Å². The number of hydrogen-bond donors (Lipinski definition) is 2. The van der Waals surface area contributed by atoms with Crippen LogP contribution in [0.25, 0.3) is 11.3 Å². The molecule has 1 aliphatic heterocycles. The molecule has 0 spiro atoms. The summed E-state index contributed by atoms with van der Waals surface area (Å²) in [5.74, 6) is -0.744. The van der Waals surface area contributed by atoms with Crippen molar-refractivity contribution < 1.29 is 28.2 Å². The predicted molar refractivity (Wildman–Crippen MR) is 163 cm³/mol. The van der Waals surface area contributed by atoms with Gasteiger partial charge in [0.05, 0.1) is 42.3 Å². The molecular formula is C33H31ClFN3O5. The highest BCUT2D eigenvalue weighted by atomic mass is 35.5. The molecule has 1 atom stereocenters. The zero-order chi connectivity index (χ0) is 30.2. The first kappa shape index (κ1) is 30.0. The number of ether oxygens (including phenoxy) is 3.